The number of carbonyl (C=O) groups excluding carboxylic acids is 1. The molecule has 0 atom stereocenters. The van der Waals surface area contributed by atoms with Crippen molar-refractivity contribution in [2.24, 2.45) is 0 Å². The Balaban J connectivity index is 1.85. The lowest BCUT2D eigenvalue weighted by Gasteiger charge is -2.04. The molecule has 20 heavy (non-hydrogen) atoms. The van der Waals surface area contributed by atoms with Gasteiger partial charge in [0, 0.05) is 18.3 Å². The number of hydrogen-bond donors (Lipinski definition) is 2. The fourth-order valence-electron chi connectivity index (χ4n) is 2.00. The SMILES string of the molecule is CCc1nc2ccc(NC(=O)c3ccccn3)cc2[nH]1. The van der Waals surface area contributed by atoms with E-state index >= 15 is 0 Å². The summed E-state index contributed by atoms with van der Waals surface area (Å²) in [5.41, 5.74) is 2.93. The Kier molecular flexibility index (Phi) is 3.16. The van der Waals surface area contributed by atoms with E-state index in [0.717, 1.165) is 29.0 Å². The highest BCUT2D eigenvalue weighted by molar-refractivity contribution is 6.03. The van der Waals surface area contributed by atoms with Gasteiger partial charge in [0.25, 0.3) is 5.91 Å². The molecule has 2 aromatic heterocycles. The number of imidazole rings is 1. The summed E-state index contributed by atoms with van der Waals surface area (Å²) in [6.07, 6.45) is 2.45. The molecule has 3 rings (SSSR count). The largest absolute Gasteiger partial charge is 0.342 e. The van der Waals surface area contributed by atoms with Crippen LogP contribution in [0.5, 0.6) is 0 Å². The highest BCUT2D eigenvalue weighted by Gasteiger charge is 2.08. The van der Waals surface area contributed by atoms with Crippen LogP contribution in [0.15, 0.2) is 42.6 Å². The predicted molar refractivity (Wildman–Crippen MR) is 77.7 cm³/mol. The van der Waals surface area contributed by atoms with Gasteiger partial charge in [0.05, 0.1) is 11.0 Å². The summed E-state index contributed by atoms with van der Waals surface area (Å²) < 4.78 is 0. The molecule has 5 heteroatoms. The number of pyridine rings is 1. The number of aromatic nitrogens is 3. The van der Waals surface area contributed by atoms with Gasteiger partial charge in [0.1, 0.15) is 11.5 Å². The van der Waals surface area contributed by atoms with Crippen molar-refractivity contribution in [3.05, 3.63) is 54.1 Å². The van der Waals surface area contributed by atoms with E-state index < -0.39 is 0 Å². The van der Waals surface area contributed by atoms with Crippen LogP contribution in [-0.2, 0) is 6.42 Å². The van der Waals surface area contributed by atoms with Gasteiger partial charge in [0.2, 0.25) is 0 Å². The van der Waals surface area contributed by atoms with Gasteiger partial charge in [-0.25, -0.2) is 4.98 Å². The fourth-order valence-corrected chi connectivity index (χ4v) is 2.00. The average Bonchev–Trinajstić information content (AvgIpc) is 2.90. The molecule has 0 unspecified atom stereocenters. The number of benzene rings is 1. The monoisotopic (exact) mass is 266 g/mol. The number of hydrogen-bond acceptors (Lipinski definition) is 3. The molecular formula is C15H14N4O. The highest BCUT2D eigenvalue weighted by atomic mass is 16.1. The summed E-state index contributed by atoms with van der Waals surface area (Å²) in [4.78, 5) is 23.7. The molecule has 0 aliphatic rings. The van der Waals surface area contributed by atoms with Crippen molar-refractivity contribution in [2.75, 3.05) is 5.32 Å². The van der Waals surface area contributed by atoms with Crippen molar-refractivity contribution in [3.63, 3.8) is 0 Å². The third kappa shape index (κ3) is 2.38. The maximum Gasteiger partial charge on any atom is 0.274 e. The van der Waals surface area contributed by atoms with E-state index in [0.29, 0.717) is 5.69 Å². The first-order valence-electron chi connectivity index (χ1n) is 6.47. The zero-order chi connectivity index (χ0) is 13.9. The van der Waals surface area contributed by atoms with Crippen LogP contribution in [0.3, 0.4) is 0 Å². The average molecular weight is 266 g/mol. The molecule has 100 valence electrons. The number of rotatable bonds is 3. The molecule has 0 aliphatic heterocycles. The molecule has 0 fully saturated rings. The van der Waals surface area contributed by atoms with Crippen molar-refractivity contribution in [3.8, 4) is 0 Å². The van der Waals surface area contributed by atoms with Crippen molar-refractivity contribution >= 4 is 22.6 Å². The molecule has 0 spiro atoms. The van der Waals surface area contributed by atoms with E-state index in [-0.39, 0.29) is 5.91 Å². The van der Waals surface area contributed by atoms with Gasteiger partial charge in [-0.1, -0.05) is 13.0 Å². The Morgan fingerprint density at radius 2 is 2.20 bits per heavy atom. The minimum Gasteiger partial charge on any atom is -0.342 e. The number of carbonyl (C=O) groups is 1. The topological polar surface area (TPSA) is 70.7 Å². The molecule has 0 saturated heterocycles. The van der Waals surface area contributed by atoms with Crippen LogP contribution in [0.4, 0.5) is 5.69 Å². The lowest BCUT2D eigenvalue weighted by atomic mass is 10.2. The van der Waals surface area contributed by atoms with E-state index in [1.54, 1.807) is 24.4 Å². The molecule has 0 saturated carbocycles. The van der Waals surface area contributed by atoms with Crippen LogP contribution >= 0.6 is 0 Å². The molecule has 3 aromatic rings. The first kappa shape index (κ1) is 12.3. The quantitative estimate of drug-likeness (QED) is 0.765. The number of aromatic amines is 1. The van der Waals surface area contributed by atoms with Crippen molar-refractivity contribution in [1.82, 2.24) is 15.0 Å². The third-order valence-corrected chi connectivity index (χ3v) is 3.02. The summed E-state index contributed by atoms with van der Waals surface area (Å²) in [6.45, 7) is 2.04. The van der Waals surface area contributed by atoms with Crippen LogP contribution in [-0.4, -0.2) is 20.9 Å². The number of anilines is 1. The van der Waals surface area contributed by atoms with Crippen LogP contribution in [0, 0.1) is 0 Å². The van der Waals surface area contributed by atoms with Gasteiger partial charge in [0.15, 0.2) is 0 Å². The van der Waals surface area contributed by atoms with Gasteiger partial charge in [-0.3, -0.25) is 9.78 Å². The maximum absolute atomic E-state index is 12.0. The van der Waals surface area contributed by atoms with E-state index in [2.05, 4.69) is 20.3 Å². The van der Waals surface area contributed by atoms with Crippen LogP contribution in [0.25, 0.3) is 11.0 Å². The minimum atomic E-state index is -0.222. The molecule has 2 N–H and O–H groups in total. The summed E-state index contributed by atoms with van der Waals surface area (Å²) >= 11 is 0. The van der Waals surface area contributed by atoms with Crippen LogP contribution in [0.1, 0.15) is 23.2 Å². The highest BCUT2D eigenvalue weighted by Crippen LogP contribution is 2.18. The Morgan fingerprint density at radius 1 is 1.30 bits per heavy atom. The number of aryl methyl sites for hydroxylation is 1. The molecule has 1 aromatic carbocycles. The van der Waals surface area contributed by atoms with E-state index in [4.69, 9.17) is 0 Å². The molecule has 0 aliphatic carbocycles. The Morgan fingerprint density at radius 3 is 2.95 bits per heavy atom. The first-order chi connectivity index (χ1) is 9.76. The number of nitrogens with zero attached hydrogens (tertiary/aromatic N) is 2. The maximum atomic E-state index is 12.0. The van der Waals surface area contributed by atoms with E-state index in [1.165, 1.54) is 0 Å². The molecular weight excluding hydrogens is 252 g/mol. The molecule has 5 nitrogen and oxygen atoms in total. The summed E-state index contributed by atoms with van der Waals surface area (Å²) in [5.74, 6) is 0.716. The second-order valence-corrected chi connectivity index (χ2v) is 4.44. The van der Waals surface area contributed by atoms with Crippen molar-refractivity contribution < 1.29 is 4.79 Å². The zero-order valence-electron chi connectivity index (χ0n) is 11.1. The first-order valence-corrected chi connectivity index (χ1v) is 6.47. The molecule has 0 bridgehead atoms. The summed E-state index contributed by atoms with van der Waals surface area (Å²) in [5, 5.41) is 2.83. The minimum absolute atomic E-state index is 0.222. The van der Waals surface area contributed by atoms with Crippen molar-refractivity contribution in [1.29, 1.82) is 0 Å². The fraction of sp³-hybridized carbons (Fsp3) is 0.133. The van der Waals surface area contributed by atoms with Gasteiger partial charge >= 0.3 is 0 Å². The van der Waals surface area contributed by atoms with Gasteiger partial charge in [-0.2, -0.15) is 0 Å². The lowest BCUT2D eigenvalue weighted by molar-refractivity contribution is 0.102. The number of fused-ring (bicyclic) bond motifs is 1. The molecule has 1 amide bonds. The Labute approximate surface area is 116 Å². The normalized spacial score (nSPS) is 10.7. The summed E-state index contributed by atoms with van der Waals surface area (Å²) in [7, 11) is 0. The molecule has 0 radical (unpaired) electrons. The Hall–Kier alpha value is -2.69. The third-order valence-electron chi connectivity index (χ3n) is 3.02. The van der Waals surface area contributed by atoms with Crippen LogP contribution < -0.4 is 5.32 Å². The zero-order valence-corrected chi connectivity index (χ0v) is 11.1. The van der Waals surface area contributed by atoms with E-state index in [1.807, 2.05) is 25.1 Å². The second kappa shape index (κ2) is 5.13. The number of amides is 1. The second-order valence-electron chi connectivity index (χ2n) is 4.44. The number of nitrogens with one attached hydrogen (secondary N) is 2. The summed E-state index contributed by atoms with van der Waals surface area (Å²) in [6, 6.07) is 10.8. The van der Waals surface area contributed by atoms with E-state index in [9.17, 15) is 4.79 Å². The predicted octanol–water partition coefficient (Wildman–Crippen LogP) is 2.77. The smallest absolute Gasteiger partial charge is 0.274 e. The van der Waals surface area contributed by atoms with Gasteiger partial charge in [-0.05, 0) is 30.3 Å². The lowest BCUT2D eigenvalue weighted by Crippen LogP contribution is -2.13. The standard InChI is InChI=1S/C15H14N4O/c1-2-14-18-11-7-6-10(9-13(11)19-14)17-15(20)12-5-3-4-8-16-12/h3-9H,2H2,1H3,(H,17,20)(H,18,19). The van der Waals surface area contributed by atoms with Gasteiger partial charge in [-0.15, -0.1) is 0 Å². The molecule has 2 heterocycles. The number of H-pyrrole nitrogens is 1. The van der Waals surface area contributed by atoms with Gasteiger partial charge < -0.3 is 10.3 Å². The van der Waals surface area contributed by atoms with Crippen molar-refractivity contribution in [2.45, 2.75) is 13.3 Å². The Bertz CT molecular complexity index is 749. The van der Waals surface area contributed by atoms with Crippen LogP contribution in [0.2, 0.25) is 0 Å².